The molecule has 0 rings (SSSR count). The van der Waals surface area contributed by atoms with Crippen LogP contribution in [0.5, 0.6) is 0 Å². The van der Waals surface area contributed by atoms with E-state index >= 15 is 0 Å². The molecular weight excluding hydrogens is 1290 g/mol. The molecule has 0 aromatic carbocycles. The summed E-state index contributed by atoms with van der Waals surface area (Å²) in [5, 5.41) is 10.6. The lowest BCUT2D eigenvalue weighted by atomic mass is 10.0. The number of ether oxygens (including phenoxy) is 4. The summed E-state index contributed by atoms with van der Waals surface area (Å²) in [6.45, 7) is 9.61. The number of esters is 4. The predicted octanol–water partition coefficient (Wildman–Crippen LogP) is 23.9. The average Bonchev–Trinajstić information content (AvgIpc) is 0.962. The summed E-state index contributed by atoms with van der Waals surface area (Å²) in [6.07, 6.45) is 61.1. The Morgan fingerprint density at radius 3 is 0.687 bits per heavy atom. The Morgan fingerprint density at radius 2 is 0.465 bits per heavy atom. The van der Waals surface area contributed by atoms with Crippen LogP contribution in [0.4, 0.5) is 0 Å². The summed E-state index contributed by atoms with van der Waals surface area (Å²) in [6, 6.07) is 0. The quantitative estimate of drug-likeness (QED) is 0.0222. The highest BCUT2D eigenvalue weighted by Gasteiger charge is 2.30. The molecule has 2 unspecified atom stereocenters. The van der Waals surface area contributed by atoms with Gasteiger partial charge in [0.25, 0.3) is 0 Å². The van der Waals surface area contributed by atoms with Crippen molar-refractivity contribution in [1.29, 1.82) is 0 Å². The predicted molar refractivity (Wildman–Crippen MR) is 405 cm³/mol. The van der Waals surface area contributed by atoms with E-state index in [2.05, 4.69) is 41.5 Å². The van der Waals surface area contributed by atoms with Crippen molar-refractivity contribution >= 4 is 39.5 Å². The zero-order chi connectivity index (χ0) is 72.8. The van der Waals surface area contributed by atoms with E-state index in [1.807, 2.05) is 0 Å². The number of hydrogen-bond acceptors (Lipinski definition) is 15. The second kappa shape index (κ2) is 71.7. The van der Waals surface area contributed by atoms with Crippen LogP contribution in [0, 0.1) is 11.8 Å². The normalized spacial score (nSPS) is 13.9. The topological polar surface area (TPSA) is 237 Å². The van der Waals surface area contributed by atoms with Crippen molar-refractivity contribution in [3.8, 4) is 0 Å². The molecule has 0 heterocycles. The van der Waals surface area contributed by atoms with Crippen LogP contribution in [-0.2, 0) is 65.4 Å². The first-order valence-corrected chi connectivity index (χ1v) is 44.5. The molecule has 0 amide bonds. The van der Waals surface area contributed by atoms with E-state index in [0.29, 0.717) is 31.6 Å². The highest BCUT2D eigenvalue weighted by Crippen LogP contribution is 2.45. The van der Waals surface area contributed by atoms with Crippen molar-refractivity contribution in [3.05, 3.63) is 0 Å². The van der Waals surface area contributed by atoms with Gasteiger partial charge in [-0.15, -0.1) is 0 Å². The van der Waals surface area contributed by atoms with Crippen molar-refractivity contribution in [2.24, 2.45) is 11.8 Å². The number of hydrogen-bond donors (Lipinski definition) is 3. The molecule has 588 valence electrons. The summed E-state index contributed by atoms with van der Waals surface area (Å²) in [4.78, 5) is 72.9. The van der Waals surface area contributed by atoms with Gasteiger partial charge in [0.1, 0.15) is 19.3 Å². The lowest BCUT2D eigenvalue weighted by Crippen LogP contribution is -2.30. The van der Waals surface area contributed by atoms with Crippen molar-refractivity contribution in [2.45, 2.75) is 439 Å². The third-order valence-corrected chi connectivity index (χ3v) is 20.6. The van der Waals surface area contributed by atoms with Gasteiger partial charge in [0.05, 0.1) is 26.4 Å². The number of phosphoric ester groups is 2. The minimum atomic E-state index is -4.96. The molecule has 5 atom stereocenters. The van der Waals surface area contributed by atoms with Gasteiger partial charge < -0.3 is 33.8 Å². The number of rotatable bonds is 79. The van der Waals surface area contributed by atoms with Crippen molar-refractivity contribution < 1.29 is 80.2 Å². The van der Waals surface area contributed by atoms with Gasteiger partial charge in [-0.05, 0) is 37.5 Å². The Labute approximate surface area is 607 Å². The summed E-state index contributed by atoms with van der Waals surface area (Å²) >= 11 is 0. The van der Waals surface area contributed by atoms with Crippen LogP contribution in [0.1, 0.15) is 420 Å². The molecule has 0 spiro atoms. The molecule has 0 fully saturated rings. The Balaban J connectivity index is 5.22. The molecule has 17 nitrogen and oxygen atoms in total. The average molecular weight is 1450 g/mol. The smallest absolute Gasteiger partial charge is 0.462 e. The van der Waals surface area contributed by atoms with Gasteiger partial charge >= 0.3 is 39.5 Å². The van der Waals surface area contributed by atoms with Crippen LogP contribution in [-0.4, -0.2) is 96.7 Å². The van der Waals surface area contributed by atoms with Crippen LogP contribution >= 0.6 is 15.6 Å². The molecule has 3 N–H and O–H groups in total. The zero-order valence-electron chi connectivity index (χ0n) is 64.8. The molecule has 0 saturated heterocycles. The van der Waals surface area contributed by atoms with Gasteiger partial charge in [-0.3, -0.25) is 37.3 Å². The van der Waals surface area contributed by atoms with Crippen LogP contribution in [0.25, 0.3) is 0 Å². The van der Waals surface area contributed by atoms with Gasteiger partial charge in [0.15, 0.2) is 12.2 Å². The number of unbranched alkanes of at least 4 members (excludes halogenated alkanes) is 49. The first-order valence-electron chi connectivity index (χ1n) is 41.5. The van der Waals surface area contributed by atoms with Crippen LogP contribution < -0.4 is 0 Å². The Kier molecular flexibility index (Phi) is 70.3. The van der Waals surface area contributed by atoms with Gasteiger partial charge in [0.2, 0.25) is 0 Å². The second-order valence-electron chi connectivity index (χ2n) is 29.8. The highest BCUT2D eigenvalue weighted by atomic mass is 31.2. The molecule has 0 radical (unpaired) electrons. The van der Waals surface area contributed by atoms with Gasteiger partial charge in [-0.25, -0.2) is 9.13 Å². The Bertz CT molecular complexity index is 1910. The lowest BCUT2D eigenvalue weighted by molar-refractivity contribution is -0.161. The summed E-state index contributed by atoms with van der Waals surface area (Å²) in [7, 11) is -9.92. The first kappa shape index (κ1) is 97.1. The van der Waals surface area contributed by atoms with E-state index in [4.69, 9.17) is 37.0 Å². The molecule has 0 aromatic rings. The van der Waals surface area contributed by atoms with Crippen LogP contribution in [0.15, 0.2) is 0 Å². The maximum Gasteiger partial charge on any atom is 0.472 e. The number of aliphatic hydroxyl groups excluding tert-OH is 1. The van der Waals surface area contributed by atoms with Gasteiger partial charge in [-0.2, -0.15) is 0 Å². The molecule has 0 saturated carbocycles. The minimum Gasteiger partial charge on any atom is -0.462 e. The molecule has 0 aliphatic rings. The zero-order valence-corrected chi connectivity index (χ0v) is 66.6. The number of phosphoric acid groups is 2. The standard InChI is InChI=1S/C80H156O17P2/c1-7-9-11-13-15-17-19-21-26-31-34-38-44-50-56-62-77(82)90-68-75(96-80(85)65-59-53-46-40-36-32-28-25-23-22-24-27-30-33-37-42-48-54-60-72(3)4)70-94-98(86,87)92-66-74(81)67-93-99(88,89)95-71-76(69-91-78(83)63-57-51-47-41-43-49-55-61-73(5)6)97-79(84)64-58-52-45-39-35-29-20-18-16-14-12-10-8-2/h72-76,81H,7-71H2,1-6H3,(H,86,87)(H,88,89)/t74-,75-,76-/m1/s1. The SMILES string of the molecule is CCCCCCCCCCCCCCCCCC(=O)OC[C@H](COP(=O)(O)OC[C@@H](O)COP(=O)(O)OC[C@@H](COC(=O)CCCCCCCCCC(C)C)OC(=O)CCCCCCCCCCCCCCC)OC(=O)CCCCCCCCCCCCCCCCCCCCC(C)C. The van der Waals surface area contributed by atoms with E-state index in [1.165, 1.54) is 231 Å². The van der Waals surface area contributed by atoms with E-state index in [0.717, 1.165) is 102 Å². The first-order chi connectivity index (χ1) is 47.9. The fourth-order valence-electron chi connectivity index (χ4n) is 12.4. The maximum absolute atomic E-state index is 13.1. The van der Waals surface area contributed by atoms with Gasteiger partial charge in [0, 0.05) is 25.7 Å². The molecular formula is C80H156O17P2. The number of carbonyl (C=O) groups excluding carboxylic acids is 4. The summed E-state index contributed by atoms with van der Waals surface area (Å²) < 4.78 is 68.7. The van der Waals surface area contributed by atoms with Gasteiger partial charge in [-0.1, -0.05) is 369 Å². The Morgan fingerprint density at radius 1 is 0.273 bits per heavy atom. The third kappa shape index (κ3) is 74.1. The van der Waals surface area contributed by atoms with E-state index in [9.17, 15) is 43.2 Å². The molecule has 99 heavy (non-hydrogen) atoms. The number of aliphatic hydroxyl groups is 1. The van der Waals surface area contributed by atoms with Crippen LogP contribution in [0.3, 0.4) is 0 Å². The molecule has 0 aromatic heterocycles. The van der Waals surface area contributed by atoms with E-state index in [-0.39, 0.29) is 25.7 Å². The Hall–Kier alpha value is -1.94. The fraction of sp³-hybridized carbons (Fsp3) is 0.950. The lowest BCUT2D eigenvalue weighted by Gasteiger charge is -2.21. The monoisotopic (exact) mass is 1450 g/mol. The van der Waals surface area contributed by atoms with Crippen molar-refractivity contribution in [3.63, 3.8) is 0 Å². The summed E-state index contributed by atoms with van der Waals surface area (Å²) in [5.41, 5.74) is 0. The van der Waals surface area contributed by atoms with E-state index in [1.54, 1.807) is 0 Å². The maximum atomic E-state index is 13.1. The second-order valence-corrected chi connectivity index (χ2v) is 32.7. The molecule has 0 bridgehead atoms. The molecule has 0 aliphatic carbocycles. The summed E-state index contributed by atoms with van der Waals surface area (Å²) in [5.74, 6) is -0.584. The van der Waals surface area contributed by atoms with Crippen LogP contribution in [0.2, 0.25) is 0 Å². The number of carbonyl (C=O) groups is 4. The minimum absolute atomic E-state index is 0.107. The van der Waals surface area contributed by atoms with Crippen molar-refractivity contribution in [1.82, 2.24) is 0 Å². The molecule has 19 heteroatoms. The highest BCUT2D eigenvalue weighted by molar-refractivity contribution is 7.47. The molecule has 0 aliphatic heterocycles. The fourth-order valence-corrected chi connectivity index (χ4v) is 13.9. The van der Waals surface area contributed by atoms with E-state index < -0.39 is 97.5 Å². The van der Waals surface area contributed by atoms with Crippen molar-refractivity contribution in [2.75, 3.05) is 39.6 Å². The third-order valence-electron chi connectivity index (χ3n) is 18.7. The largest absolute Gasteiger partial charge is 0.472 e.